The summed E-state index contributed by atoms with van der Waals surface area (Å²) in [5, 5.41) is 0. The second-order valence-corrected chi connectivity index (χ2v) is 3.36. The highest BCUT2D eigenvalue weighted by Gasteiger charge is 2.14. The van der Waals surface area contributed by atoms with E-state index in [0.717, 1.165) is 11.3 Å². The Morgan fingerprint density at radius 3 is 2.88 bits per heavy atom. The fourth-order valence-corrected chi connectivity index (χ4v) is 1.51. The number of ether oxygens (including phenoxy) is 1. The van der Waals surface area contributed by atoms with Crippen LogP contribution in [0.1, 0.15) is 17.3 Å². The third-order valence-electron chi connectivity index (χ3n) is 2.26. The zero-order valence-electron chi connectivity index (χ0n) is 9.46. The van der Waals surface area contributed by atoms with Gasteiger partial charge in [-0.3, -0.25) is 9.97 Å². The van der Waals surface area contributed by atoms with Crippen LogP contribution in [0.15, 0.2) is 42.9 Å². The van der Waals surface area contributed by atoms with Gasteiger partial charge in [-0.15, -0.1) is 0 Å². The van der Waals surface area contributed by atoms with Gasteiger partial charge in [0.25, 0.3) is 0 Å². The molecule has 0 unspecified atom stereocenters. The summed E-state index contributed by atoms with van der Waals surface area (Å²) in [5.74, 6) is -0.374. The molecule has 0 amide bonds. The summed E-state index contributed by atoms with van der Waals surface area (Å²) in [6.07, 6.45) is 4.82. The van der Waals surface area contributed by atoms with Gasteiger partial charge in [-0.2, -0.15) is 0 Å². The molecule has 0 fully saturated rings. The van der Waals surface area contributed by atoms with Gasteiger partial charge in [0.05, 0.1) is 17.9 Å². The molecule has 0 bridgehead atoms. The summed E-state index contributed by atoms with van der Waals surface area (Å²) in [6.45, 7) is 2.12. The quantitative estimate of drug-likeness (QED) is 0.756. The van der Waals surface area contributed by atoms with E-state index in [2.05, 4.69) is 9.97 Å². The Bertz CT molecular complexity index is 512. The first kappa shape index (κ1) is 11.3. The predicted octanol–water partition coefficient (Wildman–Crippen LogP) is 2.32. The molecule has 17 heavy (non-hydrogen) atoms. The van der Waals surface area contributed by atoms with Crippen LogP contribution in [0.3, 0.4) is 0 Å². The van der Waals surface area contributed by atoms with E-state index >= 15 is 0 Å². The van der Waals surface area contributed by atoms with Crippen LogP contribution in [0.2, 0.25) is 0 Å². The summed E-state index contributed by atoms with van der Waals surface area (Å²) < 4.78 is 4.98. The van der Waals surface area contributed by atoms with E-state index in [4.69, 9.17) is 4.74 Å². The third kappa shape index (κ3) is 2.47. The van der Waals surface area contributed by atoms with Crippen molar-refractivity contribution in [3.8, 4) is 11.3 Å². The lowest BCUT2D eigenvalue weighted by molar-refractivity contribution is 0.0527. The van der Waals surface area contributed by atoms with Gasteiger partial charge in [-0.25, -0.2) is 4.79 Å². The Morgan fingerprint density at radius 1 is 1.29 bits per heavy atom. The summed E-state index contributed by atoms with van der Waals surface area (Å²) in [4.78, 5) is 19.9. The van der Waals surface area contributed by atoms with Gasteiger partial charge in [0.2, 0.25) is 0 Å². The maximum Gasteiger partial charge on any atom is 0.340 e. The standard InChI is InChI=1S/C13H12N2O2/c1-2-17-13(16)11-9-14-8-6-10(11)12-5-3-4-7-15-12/h3-9H,2H2,1H3. The smallest absolute Gasteiger partial charge is 0.340 e. The van der Waals surface area contributed by atoms with Crippen LogP contribution in [0.5, 0.6) is 0 Å². The molecular formula is C13H12N2O2. The van der Waals surface area contributed by atoms with Crippen LogP contribution in [-0.4, -0.2) is 22.5 Å². The average molecular weight is 228 g/mol. The van der Waals surface area contributed by atoms with Crippen LogP contribution < -0.4 is 0 Å². The van der Waals surface area contributed by atoms with Gasteiger partial charge in [0.1, 0.15) is 0 Å². The first-order valence-electron chi connectivity index (χ1n) is 5.35. The second-order valence-electron chi connectivity index (χ2n) is 3.36. The Hall–Kier alpha value is -2.23. The molecule has 2 heterocycles. The molecule has 0 saturated carbocycles. The van der Waals surface area contributed by atoms with Gasteiger partial charge in [0.15, 0.2) is 0 Å². The molecule has 2 aromatic rings. The Morgan fingerprint density at radius 2 is 2.18 bits per heavy atom. The Kier molecular flexibility index (Phi) is 3.45. The fraction of sp³-hybridized carbons (Fsp3) is 0.154. The van der Waals surface area contributed by atoms with Gasteiger partial charge in [-0.1, -0.05) is 6.07 Å². The number of aromatic nitrogens is 2. The van der Waals surface area contributed by atoms with Crippen LogP contribution in [0.25, 0.3) is 11.3 Å². The van der Waals surface area contributed by atoms with Crippen LogP contribution in [0.4, 0.5) is 0 Å². The van der Waals surface area contributed by atoms with E-state index in [0.29, 0.717) is 12.2 Å². The van der Waals surface area contributed by atoms with Crippen molar-refractivity contribution in [1.29, 1.82) is 0 Å². The van der Waals surface area contributed by atoms with Crippen LogP contribution in [-0.2, 0) is 4.74 Å². The molecule has 0 N–H and O–H groups in total. The lowest BCUT2D eigenvalue weighted by atomic mass is 10.1. The lowest BCUT2D eigenvalue weighted by Crippen LogP contribution is -2.07. The van der Waals surface area contributed by atoms with E-state index in [-0.39, 0.29) is 5.97 Å². The Balaban J connectivity index is 2.45. The molecule has 0 atom stereocenters. The van der Waals surface area contributed by atoms with Gasteiger partial charge < -0.3 is 4.74 Å². The molecule has 4 heteroatoms. The van der Waals surface area contributed by atoms with E-state index in [9.17, 15) is 4.79 Å². The predicted molar refractivity (Wildman–Crippen MR) is 63.4 cm³/mol. The monoisotopic (exact) mass is 228 g/mol. The first-order valence-corrected chi connectivity index (χ1v) is 5.35. The number of pyridine rings is 2. The number of rotatable bonds is 3. The van der Waals surface area contributed by atoms with Crippen LogP contribution >= 0.6 is 0 Å². The van der Waals surface area contributed by atoms with Gasteiger partial charge in [-0.05, 0) is 25.1 Å². The maximum absolute atomic E-state index is 11.7. The number of carbonyl (C=O) groups is 1. The largest absolute Gasteiger partial charge is 0.462 e. The zero-order valence-corrected chi connectivity index (χ0v) is 9.46. The normalized spacial score (nSPS) is 9.94. The molecule has 0 aromatic carbocycles. The number of nitrogens with zero attached hydrogens (tertiary/aromatic N) is 2. The summed E-state index contributed by atoms with van der Waals surface area (Å²) >= 11 is 0. The van der Waals surface area contributed by atoms with Crippen molar-refractivity contribution >= 4 is 5.97 Å². The molecule has 0 aliphatic rings. The minimum absolute atomic E-state index is 0.343. The van der Waals surface area contributed by atoms with Crippen molar-refractivity contribution in [3.63, 3.8) is 0 Å². The summed E-state index contributed by atoms with van der Waals surface area (Å²) in [7, 11) is 0. The number of hydrogen-bond acceptors (Lipinski definition) is 4. The minimum atomic E-state index is -0.374. The van der Waals surface area contributed by atoms with E-state index < -0.39 is 0 Å². The van der Waals surface area contributed by atoms with Crippen molar-refractivity contribution in [3.05, 3.63) is 48.4 Å². The highest BCUT2D eigenvalue weighted by atomic mass is 16.5. The number of carbonyl (C=O) groups excluding carboxylic acids is 1. The summed E-state index contributed by atoms with van der Waals surface area (Å²) in [5.41, 5.74) is 1.91. The minimum Gasteiger partial charge on any atom is -0.462 e. The van der Waals surface area contributed by atoms with Crippen molar-refractivity contribution in [2.45, 2.75) is 6.92 Å². The number of esters is 1. The highest BCUT2D eigenvalue weighted by molar-refractivity contribution is 5.96. The van der Waals surface area contributed by atoms with Gasteiger partial charge >= 0.3 is 5.97 Å². The molecule has 0 spiro atoms. The fourth-order valence-electron chi connectivity index (χ4n) is 1.51. The van der Waals surface area contributed by atoms with Crippen LogP contribution in [0, 0.1) is 0 Å². The molecule has 2 rings (SSSR count). The average Bonchev–Trinajstić information content (AvgIpc) is 2.40. The zero-order chi connectivity index (χ0) is 12.1. The highest BCUT2D eigenvalue weighted by Crippen LogP contribution is 2.20. The molecule has 86 valence electrons. The topological polar surface area (TPSA) is 52.1 Å². The van der Waals surface area contributed by atoms with E-state index in [1.54, 1.807) is 25.4 Å². The number of hydrogen-bond donors (Lipinski definition) is 0. The maximum atomic E-state index is 11.7. The molecule has 0 radical (unpaired) electrons. The molecule has 0 aliphatic carbocycles. The second kappa shape index (κ2) is 5.21. The first-order chi connectivity index (χ1) is 8.33. The molecule has 0 saturated heterocycles. The van der Waals surface area contributed by atoms with Crippen molar-refractivity contribution in [1.82, 2.24) is 9.97 Å². The molecule has 0 aliphatic heterocycles. The van der Waals surface area contributed by atoms with Gasteiger partial charge in [0, 0.05) is 24.2 Å². The molecule has 4 nitrogen and oxygen atoms in total. The third-order valence-corrected chi connectivity index (χ3v) is 2.26. The molecule has 2 aromatic heterocycles. The van der Waals surface area contributed by atoms with E-state index in [1.807, 2.05) is 18.2 Å². The van der Waals surface area contributed by atoms with E-state index in [1.165, 1.54) is 6.20 Å². The Labute approximate surface area is 99.3 Å². The van der Waals surface area contributed by atoms with Crippen molar-refractivity contribution in [2.24, 2.45) is 0 Å². The summed E-state index contributed by atoms with van der Waals surface area (Å²) in [6, 6.07) is 7.30. The SMILES string of the molecule is CCOC(=O)c1cnccc1-c1ccccn1. The molecular weight excluding hydrogens is 216 g/mol. The lowest BCUT2D eigenvalue weighted by Gasteiger charge is -2.07. The van der Waals surface area contributed by atoms with Crippen molar-refractivity contribution < 1.29 is 9.53 Å². The van der Waals surface area contributed by atoms with Crippen molar-refractivity contribution in [2.75, 3.05) is 6.61 Å².